The molecule has 0 atom stereocenters. The van der Waals surface area contributed by atoms with Crippen molar-refractivity contribution < 1.29 is 8.78 Å². The normalized spacial score (nSPS) is 13.6. The minimum absolute atomic E-state index is 0.0409. The first-order valence-corrected chi connectivity index (χ1v) is 20.6. The van der Waals surface area contributed by atoms with Gasteiger partial charge in [0.15, 0.2) is 0 Å². The topological polar surface area (TPSA) is 190 Å². The van der Waals surface area contributed by atoms with Gasteiger partial charge in [-0.05, 0) is 105 Å². The van der Waals surface area contributed by atoms with Crippen LogP contribution in [-0.4, -0.2) is 0 Å². The quantitative estimate of drug-likeness (QED) is 0.147. The third kappa shape index (κ3) is 6.93. The highest BCUT2D eigenvalue weighted by atomic mass is 19.1. The monoisotopic (exact) mass is 870 g/mol. The van der Waals surface area contributed by atoms with E-state index >= 15 is 8.78 Å². The second-order valence-corrected chi connectivity index (χ2v) is 15.5. The van der Waals surface area contributed by atoms with Crippen LogP contribution in [0.5, 0.6) is 0 Å². The van der Waals surface area contributed by atoms with Gasteiger partial charge in [0.25, 0.3) is 0 Å². The number of hydrogen-bond acceptors (Lipinski definition) is 8. The summed E-state index contributed by atoms with van der Waals surface area (Å²) < 4.78 is 30.2. The van der Waals surface area contributed by atoms with Crippen molar-refractivity contribution in [1.82, 2.24) is 0 Å². The molecule has 0 aromatic heterocycles. The average molecular weight is 871 g/mol. The molecule has 2 aliphatic rings. The van der Waals surface area contributed by atoms with Crippen molar-refractivity contribution in [2.45, 2.75) is 0 Å². The second-order valence-electron chi connectivity index (χ2n) is 15.5. The van der Waals surface area contributed by atoms with E-state index < -0.39 is 11.6 Å². The predicted octanol–water partition coefficient (Wildman–Crippen LogP) is 12.6. The van der Waals surface area contributed by atoms with E-state index in [2.05, 4.69) is 48.6 Å². The third-order valence-electron chi connectivity index (χ3n) is 11.8. The number of rotatable bonds is 6. The molecule has 7 aromatic rings. The molecule has 68 heavy (non-hydrogen) atoms. The van der Waals surface area contributed by atoms with Crippen molar-refractivity contribution >= 4 is 44.6 Å². The number of fused-ring (bicyclic) bond motifs is 2. The predicted molar refractivity (Wildman–Crippen MR) is 252 cm³/mol. The van der Waals surface area contributed by atoms with Gasteiger partial charge in [-0.3, -0.25) is 0 Å². The van der Waals surface area contributed by atoms with E-state index in [9.17, 15) is 42.1 Å². The van der Waals surface area contributed by atoms with Crippen LogP contribution >= 0.6 is 0 Å². The molecule has 10 heteroatoms. The lowest BCUT2D eigenvalue weighted by atomic mass is 9.77. The Hall–Kier alpha value is -10.7. The minimum atomic E-state index is -0.587. The van der Waals surface area contributed by atoms with Gasteiger partial charge in [-0.15, -0.1) is 0 Å². The summed E-state index contributed by atoms with van der Waals surface area (Å²) in [4.78, 5) is 0. The SMILES string of the molecule is N#CC1=C(c2ccccc2)/C(=C(/C#N)c2cc(C#N)cc(C#N)c2)c2c1c(-c1ccc(F)cc1)c1c(c2-c2ccc(F)cc2)C(C#N)=C(c2ccccc2)/C1=C(/C#N)c1cc(C#N)cc(C#N)c1. The summed E-state index contributed by atoms with van der Waals surface area (Å²) in [5, 5.41) is 86.7. The lowest BCUT2D eigenvalue weighted by molar-refractivity contribution is 0.627. The molecule has 0 fully saturated rings. The molecule has 0 radical (unpaired) electrons. The molecule has 9 rings (SSSR count). The summed E-state index contributed by atoms with van der Waals surface area (Å²) in [6, 6.07) is 54.9. The third-order valence-corrected chi connectivity index (χ3v) is 11.8. The van der Waals surface area contributed by atoms with Crippen molar-refractivity contribution in [3.8, 4) is 70.8 Å². The first kappa shape index (κ1) is 42.6. The number of nitriles is 8. The summed E-state index contributed by atoms with van der Waals surface area (Å²) in [5.41, 5.74) is 4.70. The molecule has 0 unspecified atom stereocenters. The Balaban J connectivity index is 1.65. The van der Waals surface area contributed by atoms with E-state index in [1.165, 1.54) is 84.9 Å². The van der Waals surface area contributed by atoms with Crippen molar-refractivity contribution in [2.24, 2.45) is 0 Å². The molecule has 310 valence electrons. The van der Waals surface area contributed by atoms with Crippen LogP contribution in [0.25, 0.3) is 66.8 Å². The zero-order valence-corrected chi connectivity index (χ0v) is 35.2. The maximum absolute atomic E-state index is 15.1. The van der Waals surface area contributed by atoms with Crippen LogP contribution in [0.15, 0.2) is 146 Å². The molecule has 0 bridgehead atoms. The van der Waals surface area contributed by atoms with Crippen LogP contribution in [-0.2, 0) is 0 Å². The molecule has 0 heterocycles. The maximum atomic E-state index is 15.1. The zero-order valence-electron chi connectivity index (χ0n) is 35.2. The summed E-state index contributed by atoms with van der Waals surface area (Å²) in [5.74, 6) is -1.17. The highest BCUT2D eigenvalue weighted by Gasteiger charge is 2.44. The van der Waals surface area contributed by atoms with Gasteiger partial charge in [0.2, 0.25) is 0 Å². The first-order valence-electron chi connectivity index (χ1n) is 20.6. The van der Waals surface area contributed by atoms with Crippen LogP contribution in [0.2, 0.25) is 0 Å². The second kappa shape index (κ2) is 17.4. The molecule has 0 aliphatic heterocycles. The molecule has 0 N–H and O–H groups in total. The van der Waals surface area contributed by atoms with Gasteiger partial charge < -0.3 is 0 Å². The summed E-state index contributed by atoms with van der Waals surface area (Å²) in [6.07, 6.45) is 0. The van der Waals surface area contributed by atoms with Crippen LogP contribution in [0, 0.1) is 102 Å². The minimum Gasteiger partial charge on any atom is -0.207 e. The van der Waals surface area contributed by atoms with E-state index in [0.29, 0.717) is 22.3 Å². The molecule has 0 amide bonds. The molecule has 8 nitrogen and oxygen atoms in total. The summed E-state index contributed by atoms with van der Waals surface area (Å²) in [6.45, 7) is 0. The fourth-order valence-electron chi connectivity index (χ4n) is 9.15. The Morgan fingerprint density at radius 1 is 0.324 bits per heavy atom. The Morgan fingerprint density at radius 3 is 0.926 bits per heavy atom. The van der Waals surface area contributed by atoms with Gasteiger partial charge in [-0.25, -0.2) is 8.78 Å². The molecule has 0 saturated heterocycles. The number of allylic oxidation sites excluding steroid dienone is 8. The number of benzene rings is 7. The lowest BCUT2D eigenvalue weighted by Gasteiger charge is -2.24. The first-order chi connectivity index (χ1) is 33.2. The molecular formula is C58H24F2N8. The zero-order chi connectivity index (χ0) is 47.6. The van der Waals surface area contributed by atoms with Crippen LogP contribution < -0.4 is 0 Å². The standard InChI is InChI=1S/C58H24F2N8/c59-43-15-11-39(12-16-43)51-55-47(31-67)49(37-7-3-1-4-8-37)53(45(29-65)41-21-33(25-61)19-34(22-41)26-62)57(55)52(40-13-17-44(60)18-14-40)56-48(32-68)50(38-9-5-2-6-10-38)54(58(51)56)46(30-66)42-23-35(27-63)20-36(24-42)28-64/h1-24H/b53-45+,54-46+. The van der Waals surface area contributed by atoms with Gasteiger partial charge in [-0.1, -0.05) is 84.9 Å². The fourth-order valence-corrected chi connectivity index (χ4v) is 9.15. The number of hydrogen-bond donors (Lipinski definition) is 0. The molecule has 2 aliphatic carbocycles. The summed E-state index contributed by atoms with van der Waals surface area (Å²) in [7, 11) is 0. The van der Waals surface area contributed by atoms with E-state index in [1.54, 1.807) is 60.7 Å². The average Bonchev–Trinajstić information content (AvgIpc) is 3.90. The Morgan fingerprint density at radius 2 is 0.647 bits per heavy atom. The number of halogens is 2. The van der Waals surface area contributed by atoms with Crippen molar-refractivity contribution in [3.05, 3.63) is 224 Å². The van der Waals surface area contributed by atoms with Gasteiger partial charge in [0.05, 0.1) is 68.8 Å². The summed E-state index contributed by atoms with van der Waals surface area (Å²) >= 11 is 0. The van der Waals surface area contributed by atoms with Gasteiger partial charge >= 0.3 is 0 Å². The highest BCUT2D eigenvalue weighted by Crippen LogP contribution is 2.63. The van der Waals surface area contributed by atoms with E-state index in [-0.39, 0.29) is 111 Å². The Labute approximate surface area is 388 Å². The smallest absolute Gasteiger partial charge is 0.123 e. The van der Waals surface area contributed by atoms with Crippen LogP contribution in [0.3, 0.4) is 0 Å². The Kier molecular flexibility index (Phi) is 10.9. The van der Waals surface area contributed by atoms with Gasteiger partial charge in [0.1, 0.15) is 35.9 Å². The van der Waals surface area contributed by atoms with Gasteiger partial charge in [0, 0.05) is 44.5 Å². The van der Waals surface area contributed by atoms with Crippen LogP contribution in [0.4, 0.5) is 8.78 Å². The van der Waals surface area contributed by atoms with Crippen molar-refractivity contribution in [1.29, 1.82) is 42.1 Å². The fraction of sp³-hybridized carbons (Fsp3) is 0. The highest BCUT2D eigenvalue weighted by molar-refractivity contribution is 6.39. The lowest BCUT2D eigenvalue weighted by Crippen LogP contribution is -2.05. The van der Waals surface area contributed by atoms with E-state index in [0.717, 1.165) is 0 Å². The van der Waals surface area contributed by atoms with E-state index in [4.69, 9.17) is 0 Å². The van der Waals surface area contributed by atoms with Crippen molar-refractivity contribution in [3.63, 3.8) is 0 Å². The number of nitrogens with zero attached hydrogens (tertiary/aromatic N) is 8. The van der Waals surface area contributed by atoms with E-state index in [1.807, 2.05) is 0 Å². The Bertz CT molecular complexity index is 3540. The van der Waals surface area contributed by atoms with Crippen LogP contribution in [0.1, 0.15) is 66.8 Å². The molecular weight excluding hydrogens is 847 g/mol. The van der Waals surface area contributed by atoms with Crippen molar-refractivity contribution in [2.75, 3.05) is 0 Å². The largest absolute Gasteiger partial charge is 0.207 e. The molecule has 0 saturated carbocycles. The molecule has 7 aromatic carbocycles. The maximum Gasteiger partial charge on any atom is 0.123 e. The van der Waals surface area contributed by atoms with Gasteiger partial charge in [-0.2, -0.15) is 42.1 Å². The molecule has 0 spiro atoms.